The molecule has 2 heterocycles. The largest absolute Gasteiger partial charge is 0.360 e. The van der Waals surface area contributed by atoms with Gasteiger partial charge in [0.1, 0.15) is 0 Å². The van der Waals surface area contributed by atoms with Crippen LogP contribution < -0.4 is 0 Å². The Kier molecular flexibility index (Phi) is 5.33. The van der Waals surface area contributed by atoms with Gasteiger partial charge in [-0.3, -0.25) is 14.7 Å². The fourth-order valence-corrected chi connectivity index (χ4v) is 5.09. The quantitative estimate of drug-likeness (QED) is 0.798. The van der Waals surface area contributed by atoms with E-state index >= 15 is 0 Å². The van der Waals surface area contributed by atoms with Crippen LogP contribution in [0.1, 0.15) is 51.0 Å². The molecule has 3 aliphatic rings. The predicted octanol–water partition coefficient (Wildman–Crippen LogP) is 3.50. The molecule has 2 fully saturated rings. The Hall–Kier alpha value is -1.72. The van der Waals surface area contributed by atoms with Gasteiger partial charge in [-0.2, -0.15) is 0 Å². The number of hydrogen-bond donors (Lipinski definition) is 0. The lowest BCUT2D eigenvalue weighted by atomic mass is 9.85. The topological polar surface area (TPSA) is 45.1 Å². The maximum atomic E-state index is 13.7. The Labute approximate surface area is 162 Å². The van der Waals surface area contributed by atoms with Crippen molar-refractivity contribution in [3.8, 4) is 0 Å². The maximum Gasteiger partial charge on any atom is 0.259 e. The van der Waals surface area contributed by atoms with Crippen molar-refractivity contribution in [3.63, 3.8) is 0 Å². The highest BCUT2D eigenvalue weighted by molar-refractivity contribution is 5.93. The van der Waals surface area contributed by atoms with Crippen molar-refractivity contribution in [1.29, 1.82) is 0 Å². The van der Waals surface area contributed by atoms with Gasteiger partial charge in [0.25, 0.3) is 5.91 Å². The molecule has 0 aromatic heterocycles. The summed E-state index contributed by atoms with van der Waals surface area (Å²) in [5.41, 5.74) is 0.803. The smallest absolute Gasteiger partial charge is 0.259 e. The number of likely N-dealkylation sites (tertiary alicyclic amines) is 1. The summed E-state index contributed by atoms with van der Waals surface area (Å²) in [7, 11) is 1.96. The molecule has 1 saturated heterocycles. The molecule has 0 spiro atoms. The van der Waals surface area contributed by atoms with Crippen LogP contribution in [0.5, 0.6) is 0 Å². The van der Waals surface area contributed by atoms with Gasteiger partial charge in [-0.25, -0.2) is 0 Å². The molecule has 1 aliphatic carbocycles. The molecular formula is C22H31N3O2. The molecule has 5 heteroatoms. The molecular weight excluding hydrogens is 338 g/mol. The third-order valence-electron chi connectivity index (χ3n) is 6.59. The first-order chi connectivity index (χ1) is 13.2. The fraction of sp³-hybridized carbons (Fsp3) is 0.636. The monoisotopic (exact) mass is 369 g/mol. The Morgan fingerprint density at radius 2 is 2.07 bits per heavy atom. The van der Waals surface area contributed by atoms with Gasteiger partial charge in [0.05, 0.1) is 5.69 Å². The van der Waals surface area contributed by atoms with Gasteiger partial charge in [0.2, 0.25) is 0 Å². The number of amides is 1. The summed E-state index contributed by atoms with van der Waals surface area (Å²) < 4.78 is 6.17. The van der Waals surface area contributed by atoms with Gasteiger partial charge in [-0.15, -0.1) is 0 Å². The highest BCUT2D eigenvalue weighted by atomic mass is 16.5. The van der Waals surface area contributed by atoms with Gasteiger partial charge >= 0.3 is 0 Å². The van der Waals surface area contributed by atoms with E-state index in [-0.39, 0.29) is 11.9 Å². The van der Waals surface area contributed by atoms with E-state index in [2.05, 4.69) is 9.89 Å². The summed E-state index contributed by atoms with van der Waals surface area (Å²) >= 11 is 0. The van der Waals surface area contributed by atoms with Gasteiger partial charge < -0.3 is 9.64 Å². The zero-order chi connectivity index (χ0) is 18.9. The van der Waals surface area contributed by atoms with Crippen molar-refractivity contribution in [2.75, 3.05) is 26.7 Å². The van der Waals surface area contributed by atoms with Crippen molar-refractivity contribution >= 4 is 17.8 Å². The van der Waals surface area contributed by atoms with Crippen LogP contribution in [0.2, 0.25) is 0 Å². The molecule has 1 amide bonds. The van der Waals surface area contributed by atoms with E-state index in [1.54, 1.807) is 0 Å². The first kappa shape index (κ1) is 18.6. The highest BCUT2D eigenvalue weighted by Crippen LogP contribution is 2.41. The minimum absolute atomic E-state index is 0.0706. The standard InChI is InChI=1S/C22H31N3O2/c1-3-27-22(13-14-23-20-11-7-6-10-19(20)22)21(26)24(2)18-12-15-25(16-18)17-8-4-5-9-17/h6-7,10-11,14,17-18H,3-5,8-9,12-13,15-16H2,1-2H3. The lowest BCUT2D eigenvalue weighted by molar-refractivity contribution is -0.159. The van der Waals surface area contributed by atoms with Crippen molar-refractivity contribution in [1.82, 2.24) is 9.80 Å². The van der Waals surface area contributed by atoms with Crippen LogP contribution in [-0.2, 0) is 15.1 Å². The highest BCUT2D eigenvalue weighted by Gasteiger charge is 2.47. The summed E-state index contributed by atoms with van der Waals surface area (Å²) in [6, 6.07) is 8.88. The van der Waals surface area contributed by atoms with Crippen LogP contribution in [-0.4, -0.2) is 60.7 Å². The first-order valence-electron chi connectivity index (χ1n) is 10.4. The SMILES string of the molecule is CCOC1(C(=O)N(C)C2CCN(C3CCCC3)C2)CC=Nc2ccccc21. The average molecular weight is 370 g/mol. The Balaban J connectivity index is 1.55. The number of para-hydroxylation sites is 1. The molecule has 4 rings (SSSR count). The van der Waals surface area contributed by atoms with Crippen LogP contribution in [0.3, 0.4) is 0 Å². The van der Waals surface area contributed by atoms with Crippen LogP contribution in [0.15, 0.2) is 29.3 Å². The first-order valence-corrected chi connectivity index (χ1v) is 10.4. The Morgan fingerprint density at radius 3 is 2.85 bits per heavy atom. The number of likely N-dealkylation sites (N-methyl/N-ethyl adjacent to an activating group) is 1. The van der Waals surface area contributed by atoms with Crippen LogP contribution in [0, 0.1) is 0 Å². The average Bonchev–Trinajstić information content (AvgIpc) is 3.39. The Morgan fingerprint density at radius 1 is 1.30 bits per heavy atom. The summed E-state index contributed by atoms with van der Waals surface area (Å²) in [5.74, 6) is 0.0706. The second-order valence-corrected chi connectivity index (χ2v) is 8.08. The second-order valence-electron chi connectivity index (χ2n) is 8.08. The van der Waals surface area contributed by atoms with Crippen molar-refractivity contribution < 1.29 is 9.53 Å². The van der Waals surface area contributed by atoms with Crippen molar-refractivity contribution in [3.05, 3.63) is 29.8 Å². The van der Waals surface area contributed by atoms with Crippen LogP contribution in [0.25, 0.3) is 0 Å². The molecule has 2 unspecified atom stereocenters. The minimum Gasteiger partial charge on any atom is -0.360 e. The lowest BCUT2D eigenvalue weighted by Gasteiger charge is -2.39. The molecule has 2 atom stereocenters. The van der Waals surface area contributed by atoms with Gasteiger partial charge in [0, 0.05) is 57.0 Å². The normalized spacial score (nSPS) is 28.4. The number of carbonyl (C=O) groups excluding carboxylic acids is 1. The van der Waals surface area contributed by atoms with Crippen LogP contribution in [0.4, 0.5) is 5.69 Å². The fourth-order valence-electron chi connectivity index (χ4n) is 5.09. The number of nitrogens with zero attached hydrogens (tertiary/aromatic N) is 3. The van der Waals surface area contributed by atoms with E-state index < -0.39 is 5.60 Å². The Bertz CT molecular complexity index is 713. The molecule has 0 radical (unpaired) electrons. The van der Waals surface area contributed by atoms with Gasteiger partial charge in [-0.1, -0.05) is 31.0 Å². The zero-order valence-electron chi connectivity index (χ0n) is 16.6. The van der Waals surface area contributed by atoms with Crippen molar-refractivity contribution in [2.45, 2.75) is 63.1 Å². The number of rotatable bonds is 5. The van der Waals surface area contributed by atoms with E-state index in [0.29, 0.717) is 13.0 Å². The minimum atomic E-state index is -0.942. The molecule has 0 bridgehead atoms. The number of carbonyl (C=O) groups is 1. The van der Waals surface area contributed by atoms with E-state index in [0.717, 1.165) is 36.8 Å². The van der Waals surface area contributed by atoms with Gasteiger partial charge in [0.15, 0.2) is 5.60 Å². The third-order valence-corrected chi connectivity index (χ3v) is 6.59. The molecule has 0 N–H and O–H groups in total. The summed E-state index contributed by atoms with van der Waals surface area (Å²) in [6.45, 7) is 4.55. The number of hydrogen-bond acceptors (Lipinski definition) is 4. The predicted molar refractivity (Wildman–Crippen MR) is 108 cm³/mol. The second kappa shape index (κ2) is 7.72. The molecule has 1 aromatic rings. The molecule has 1 aromatic carbocycles. The molecule has 146 valence electrons. The van der Waals surface area contributed by atoms with E-state index in [1.807, 2.05) is 49.4 Å². The zero-order valence-corrected chi connectivity index (χ0v) is 16.6. The summed E-state index contributed by atoms with van der Waals surface area (Å²) in [5, 5.41) is 0. The summed E-state index contributed by atoms with van der Waals surface area (Å²) in [4.78, 5) is 22.8. The van der Waals surface area contributed by atoms with Gasteiger partial charge in [-0.05, 0) is 32.3 Å². The van der Waals surface area contributed by atoms with Crippen LogP contribution >= 0.6 is 0 Å². The van der Waals surface area contributed by atoms with E-state index in [4.69, 9.17) is 4.74 Å². The molecule has 27 heavy (non-hydrogen) atoms. The lowest BCUT2D eigenvalue weighted by Crippen LogP contribution is -2.52. The molecule has 2 aliphatic heterocycles. The number of ether oxygens (including phenoxy) is 1. The summed E-state index contributed by atoms with van der Waals surface area (Å²) in [6.07, 6.45) is 8.72. The molecule has 5 nitrogen and oxygen atoms in total. The third kappa shape index (κ3) is 3.32. The van der Waals surface area contributed by atoms with Crippen molar-refractivity contribution in [2.24, 2.45) is 4.99 Å². The number of aliphatic imine (C=N–C) groups is 1. The van der Waals surface area contributed by atoms with E-state index in [9.17, 15) is 4.79 Å². The maximum absolute atomic E-state index is 13.7. The number of benzene rings is 1. The number of fused-ring (bicyclic) bond motifs is 1. The van der Waals surface area contributed by atoms with E-state index in [1.165, 1.54) is 25.7 Å². The molecule has 1 saturated carbocycles.